The van der Waals surface area contributed by atoms with E-state index in [4.69, 9.17) is 18.9 Å². The lowest BCUT2D eigenvalue weighted by molar-refractivity contribution is -0.150. The van der Waals surface area contributed by atoms with Crippen LogP contribution >= 0.6 is 0 Å². The number of ether oxygens (including phenoxy) is 4. The Balaban J connectivity index is 1.10. The van der Waals surface area contributed by atoms with Gasteiger partial charge >= 0.3 is 5.97 Å². The molecular weight excluding hydrogens is 310 g/mol. The van der Waals surface area contributed by atoms with Gasteiger partial charge in [-0.15, -0.1) is 0 Å². The highest BCUT2D eigenvalue weighted by atomic mass is 16.5. The van der Waals surface area contributed by atoms with Crippen LogP contribution in [-0.2, 0) is 23.7 Å². The minimum atomic E-state index is -0.154. The van der Waals surface area contributed by atoms with Crippen LogP contribution in [0.15, 0.2) is 0 Å². The van der Waals surface area contributed by atoms with Crippen molar-refractivity contribution in [1.29, 1.82) is 0 Å². The molecule has 2 saturated heterocycles. The lowest BCUT2D eigenvalue weighted by Crippen LogP contribution is -2.38. The minimum Gasteiger partial charge on any atom is -0.465 e. The largest absolute Gasteiger partial charge is 0.465 e. The number of fused-ring (bicyclic) bond motifs is 3. The third-order valence-electron chi connectivity index (χ3n) is 6.44. The quantitative estimate of drug-likeness (QED) is 0.511. The van der Waals surface area contributed by atoms with Gasteiger partial charge in [0.2, 0.25) is 0 Å². The predicted octanol–water partition coefficient (Wildman–Crippen LogP) is 1.08. The molecule has 136 valence electrons. The Kier molecular flexibility index (Phi) is 5.08. The normalized spacial score (nSPS) is 39.0. The molecule has 0 aromatic heterocycles. The van der Waals surface area contributed by atoms with Crippen molar-refractivity contribution in [2.24, 2.45) is 17.3 Å². The molecule has 0 radical (unpaired) electrons. The van der Waals surface area contributed by atoms with Gasteiger partial charge in [0.15, 0.2) is 0 Å². The van der Waals surface area contributed by atoms with Crippen molar-refractivity contribution in [1.82, 2.24) is 4.90 Å². The van der Waals surface area contributed by atoms with Gasteiger partial charge in [0.05, 0.1) is 51.2 Å². The summed E-state index contributed by atoms with van der Waals surface area (Å²) in [5.41, 5.74) is -0.154. The van der Waals surface area contributed by atoms with E-state index in [0.717, 1.165) is 65.1 Å². The zero-order valence-electron chi connectivity index (χ0n) is 14.4. The molecule has 4 unspecified atom stereocenters. The lowest BCUT2D eigenvalue weighted by Gasteiger charge is -2.33. The molecule has 2 saturated carbocycles. The monoisotopic (exact) mass is 339 g/mol. The molecule has 4 rings (SSSR count). The van der Waals surface area contributed by atoms with E-state index in [0.29, 0.717) is 37.8 Å². The molecule has 6 nitrogen and oxygen atoms in total. The average molecular weight is 339 g/mol. The van der Waals surface area contributed by atoms with Crippen LogP contribution in [0, 0.1) is 17.3 Å². The van der Waals surface area contributed by atoms with Crippen molar-refractivity contribution in [2.75, 3.05) is 59.3 Å². The first kappa shape index (κ1) is 16.8. The van der Waals surface area contributed by atoms with E-state index < -0.39 is 0 Å². The van der Waals surface area contributed by atoms with Crippen LogP contribution < -0.4 is 0 Å². The number of hydrogen-bond donors (Lipinski definition) is 0. The molecule has 0 amide bonds. The second-order valence-corrected chi connectivity index (χ2v) is 7.65. The fraction of sp³-hybridized carbons (Fsp3) is 0.944. The first-order valence-corrected chi connectivity index (χ1v) is 9.45. The van der Waals surface area contributed by atoms with Crippen LogP contribution in [0.2, 0.25) is 0 Å². The fourth-order valence-corrected chi connectivity index (χ4v) is 5.10. The Labute approximate surface area is 143 Å². The van der Waals surface area contributed by atoms with Crippen molar-refractivity contribution in [3.05, 3.63) is 0 Å². The maximum absolute atomic E-state index is 12.1. The van der Waals surface area contributed by atoms with E-state index in [1.165, 1.54) is 0 Å². The first-order chi connectivity index (χ1) is 11.8. The van der Waals surface area contributed by atoms with Crippen molar-refractivity contribution >= 4 is 5.97 Å². The molecule has 4 aliphatic rings. The molecule has 4 fully saturated rings. The molecule has 24 heavy (non-hydrogen) atoms. The van der Waals surface area contributed by atoms with E-state index in [1.807, 2.05) is 0 Å². The summed E-state index contributed by atoms with van der Waals surface area (Å²) in [6.07, 6.45) is 4.37. The van der Waals surface area contributed by atoms with Crippen molar-refractivity contribution < 1.29 is 23.7 Å². The van der Waals surface area contributed by atoms with Gasteiger partial charge in [-0.05, 0) is 37.5 Å². The summed E-state index contributed by atoms with van der Waals surface area (Å²) in [6, 6.07) is 0. The Bertz CT molecular complexity index is 453. The Morgan fingerprint density at radius 3 is 2.71 bits per heavy atom. The highest BCUT2D eigenvalue weighted by molar-refractivity contribution is 5.79. The van der Waals surface area contributed by atoms with E-state index in [-0.39, 0.29) is 11.4 Å². The number of rotatable bonds is 7. The summed E-state index contributed by atoms with van der Waals surface area (Å²) < 4.78 is 22.3. The van der Waals surface area contributed by atoms with Gasteiger partial charge < -0.3 is 18.9 Å². The van der Waals surface area contributed by atoms with Gasteiger partial charge in [-0.3, -0.25) is 9.69 Å². The summed E-state index contributed by atoms with van der Waals surface area (Å²) in [7, 11) is 0. The number of carbonyl (C=O) groups excluding carboxylic acids is 1. The van der Waals surface area contributed by atoms with Crippen LogP contribution in [0.3, 0.4) is 0 Å². The second kappa shape index (κ2) is 7.28. The van der Waals surface area contributed by atoms with Crippen LogP contribution in [0.25, 0.3) is 0 Å². The van der Waals surface area contributed by atoms with Gasteiger partial charge in [-0.1, -0.05) is 0 Å². The number of carbonyl (C=O) groups is 1. The number of cyclic esters (lactones) is 1. The maximum Gasteiger partial charge on any atom is 0.312 e. The standard InChI is InChI=1S/C18H29NO5/c20-17-18(1-5-24-17)13-14-11-15(18)12-16(14)23-10-9-22-8-4-19-2-6-21-7-3-19/h14-16H,1-13H2. The van der Waals surface area contributed by atoms with Crippen LogP contribution in [0.1, 0.15) is 25.7 Å². The van der Waals surface area contributed by atoms with Gasteiger partial charge in [0.25, 0.3) is 0 Å². The minimum absolute atomic E-state index is 0.0555. The highest BCUT2D eigenvalue weighted by Crippen LogP contribution is 2.60. The molecule has 0 aromatic carbocycles. The number of hydrogen-bond acceptors (Lipinski definition) is 6. The van der Waals surface area contributed by atoms with Gasteiger partial charge in [-0.2, -0.15) is 0 Å². The van der Waals surface area contributed by atoms with Crippen molar-refractivity contribution in [2.45, 2.75) is 31.8 Å². The SMILES string of the molecule is O=C1OCCC12CC1CC2CC1OCCOCCN1CCOCC1. The highest BCUT2D eigenvalue weighted by Gasteiger charge is 2.61. The molecule has 2 aliphatic heterocycles. The van der Waals surface area contributed by atoms with Crippen LogP contribution in [-0.4, -0.2) is 76.2 Å². The van der Waals surface area contributed by atoms with Gasteiger partial charge in [0.1, 0.15) is 0 Å². The van der Waals surface area contributed by atoms with Crippen LogP contribution in [0.5, 0.6) is 0 Å². The molecule has 0 aromatic rings. The fourth-order valence-electron chi connectivity index (χ4n) is 5.10. The zero-order chi connectivity index (χ0) is 16.4. The summed E-state index contributed by atoms with van der Waals surface area (Å²) in [4.78, 5) is 14.4. The molecule has 6 heteroatoms. The molecule has 2 bridgehead atoms. The number of morpholine rings is 1. The lowest BCUT2D eigenvalue weighted by atomic mass is 9.71. The second-order valence-electron chi connectivity index (χ2n) is 7.65. The van der Waals surface area contributed by atoms with Crippen molar-refractivity contribution in [3.63, 3.8) is 0 Å². The predicted molar refractivity (Wildman–Crippen MR) is 86.7 cm³/mol. The van der Waals surface area contributed by atoms with E-state index >= 15 is 0 Å². The number of esters is 1. The van der Waals surface area contributed by atoms with E-state index in [9.17, 15) is 4.79 Å². The molecule has 4 atom stereocenters. The summed E-state index contributed by atoms with van der Waals surface area (Å²) in [6.45, 7) is 7.36. The molecule has 2 heterocycles. The smallest absolute Gasteiger partial charge is 0.312 e. The number of nitrogens with zero attached hydrogens (tertiary/aromatic N) is 1. The third-order valence-corrected chi connectivity index (χ3v) is 6.44. The maximum atomic E-state index is 12.1. The Morgan fingerprint density at radius 1 is 1.12 bits per heavy atom. The topological polar surface area (TPSA) is 57.2 Å². The zero-order valence-corrected chi connectivity index (χ0v) is 14.4. The summed E-state index contributed by atoms with van der Waals surface area (Å²) in [5, 5.41) is 0. The van der Waals surface area contributed by atoms with Gasteiger partial charge in [0, 0.05) is 19.6 Å². The third kappa shape index (κ3) is 3.21. The summed E-state index contributed by atoms with van der Waals surface area (Å²) >= 11 is 0. The van der Waals surface area contributed by atoms with Gasteiger partial charge in [-0.25, -0.2) is 0 Å². The Hall–Kier alpha value is -0.690. The van der Waals surface area contributed by atoms with E-state index in [1.54, 1.807) is 0 Å². The first-order valence-electron chi connectivity index (χ1n) is 9.45. The average Bonchev–Trinajstić information content (AvgIpc) is 3.27. The van der Waals surface area contributed by atoms with Crippen LogP contribution in [0.4, 0.5) is 0 Å². The molecule has 0 N–H and O–H groups in total. The van der Waals surface area contributed by atoms with Crippen molar-refractivity contribution in [3.8, 4) is 0 Å². The molecular formula is C18H29NO5. The van der Waals surface area contributed by atoms with E-state index in [2.05, 4.69) is 4.90 Å². The summed E-state index contributed by atoms with van der Waals surface area (Å²) in [5.74, 6) is 1.07. The molecule has 1 spiro atoms. The molecule has 2 aliphatic carbocycles. The Morgan fingerprint density at radius 2 is 2.00 bits per heavy atom.